The molecular formula is C10H22N6O4. The molecule has 0 aliphatic rings. The highest BCUT2D eigenvalue weighted by Gasteiger charge is 2.11. The van der Waals surface area contributed by atoms with E-state index in [1.54, 1.807) is 0 Å². The molecule has 0 saturated heterocycles. The molecule has 0 aliphatic carbocycles. The van der Waals surface area contributed by atoms with Crippen LogP contribution in [-0.2, 0) is 9.63 Å². The first kappa shape index (κ1) is 17.9. The first-order valence-corrected chi connectivity index (χ1v) is 6.29. The average molecular weight is 290 g/mol. The minimum atomic E-state index is -0.842. The maximum atomic E-state index is 11.6. The van der Waals surface area contributed by atoms with Gasteiger partial charge in [0.1, 0.15) is 0 Å². The first-order valence-electron chi connectivity index (χ1n) is 6.29. The van der Waals surface area contributed by atoms with Gasteiger partial charge in [0, 0.05) is 13.1 Å². The van der Waals surface area contributed by atoms with Crippen LogP contribution in [0.5, 0.6) is 0 Å². The normalized spacial score (nSPS) is 11.4. The number of nitrogens with two attached hydrogens (primary N) is 3. The molecule has 1 amide bonds. The third-order valence-corrected chi connectivity index (χ3v) is 2.37. The molecule has 116 valence electrons. The first-order chi connectivity index (χ1) is 9.43. The van der Waals surface area contributed by atoms with Crippen molar-refractivity contribution in [3.8, 4) is 0 Å². The van der Waals surface area contributed by atoms with Crippen LogP contribution >= 0.6 is 0 Å². The Morgan fingerprint density at radius 1 is 1.35 bits per heavy atom. The van der Waals surface area contributed by atoms with Crippen molar-refractivity contribution in [1.82, 2.24) is 5.32 Å². The summed E-state index contributed by atoms with van der Waals surface area (Å²) in [4.78, 5) is 29.3. The maximum absolute atomic E-state index is 11.6. The van der Waals surface area contributed by atoms with Crippen LogP contribution in [0.2, 0.25) is 0 Å². The molecule has 0 aromatic heterocycles. The van der Waals surface area contributed by atoms with Gasteiger partial charge in [0.05, 0.1) is 12.6 Å². The van der Waals surface area contributed by atoms with Crippen LogP contribution in [-0.4, -0.2) is 42.7 Å². The van der Waals surface area contributed by atoms with E-state index in [1.165, 1.54) is 0 Å². The minimum absolute atomic E-state index is 0.0139. The summed E-state index contributed by atoms with van der Waals surface area (Å²) >= 11 is 0. The second-order valence-corrected chi connectivity index (χ2v) is 4.11. The molecule has 1 atom stereocenters. The van der Waals surface area contributed by atoms with E-state index < -0.39 is 11.1 Å². The summed E-state index contributed by atoms with van der Waals surface area (Å²) < 4.78 is 0. The van der Waals surface area contributed by atoms with Crippen molar-refractivity contribution in [2.75, 3.05) is 19.7 Å². The van der Waals surface area contributed by atoms with Crippen molar-refractivity contribution in [1.29, 1.82) is 0 Å². The zero-order valence-electron chi connectivity index (χ0n) is 11.3. The molecule has 20 heavy (non-hydrogen) atoms. The zero-order valence-corrected chi connectivity index (χ0v) is 11.3. The lowest BCUT2D eigenvalue weighted by atomic mass is 10.1. The highest BCUT2D eigenvalue weighted by Crippen LogP contribution is 1.96. The summed E-state index contributed by atoms with van der Waals surface area (Å²) in [5, 5.41) is 11.7. The second kappa shape index (κ2) is 10.8. The highest BCUT2D eigenvalue weighted by molar-refractivity contribution is 5.81. The lowest BCUT2D eigenvalue weighted by Gasteiger charge is -2.11. The molecule has 10 nitrogen and oxygen atoms in total. The fourth-order valence-electron chi connectivity index (χ4n) is 1.36. The molecule has 0 aromatic rings. The van der Waals surface area contributed by atoms with Gasteiger partial charge >= 0.3 is 0 Å². The van der Waals surface area contributed by atoms with Gasteiger partial charge in [0.15, 0.2) is 5.96 Å². The summed E-state index contributed by atoms with van der Waals surface area (Å²) in [7, 11) is 0. The number of amides is 1. The summed E-state index contributed by atoms with van der Waals surface area (Å²) in [5.41, 5.74) is 16.0. The van der Waals surface area contributed by atoms with E-state index in [0.717, 1.165) is 0 Å². The fourth-order valence-corrected chi connectivity index (χ4v) is 1.36. The van der Waals surface area contributed by atoms with Gasteiger partial charge in [-0.1, -0.05) is 0 Å². The Balaban J connectivity index is 3.55. The number of aliphatic imine (C=N–C) groups is 1. The predicted molar refractivity (Wildman–Crippen MR) is 73.1 cm³/mol. The fraction of sp³-hybridized carbons (Fsp3) is 0.800. The molecule has 0 radical (unpaired) electrons. The predicted octanol–water partition coefficient (Wildman–Crippen LogP) is -1.53. The zero-order chi connectivity index (χ0) is 15.4. The molecule has 0 aliphatic heterocycles. The molecule has 0 saturated carbocycles. The number of rotatable bonds is 11. The molecular weight excluding hydrogens is 268 g/mol. The molecule has 0 rings (SSSR count). The number of guanidine groups is 1. The molecule has 7 N–H and O–H groups in total. The van der Waals surface area contributed by atoms with E-state index in [1.807, 2.05) is 0 Å². The smallest absolute Gasteiger partial charge is 0.294 e. The van der Waals surface area contributed by atoms with Gasteiger partial charge in [-0.2, -0.15) is 0 Å². The lowest BCUT2D eigenvalue weighted by Crippen LogP contribution is -2.41. The van der Waals surface area contributed by atoms with E-state index in [4.69, 9.17) is 17.2 Å². The van der Waals surface area contributed by atoms with Crippen LogP contribution in [0.25, 0.3) is 0 Å². The van der Waals surface area contributed by atoms with Crippen molar-refractivity contribution >= 4 is 11.9 Å². The topological polar surface area (TPSA) is 172 Å². The van der Waals surface area contributed by atoms with Gasteiger partial charge in [-0.25, -0.2) is 0 Å². The summed E-state index contributed by atoms with van der Waals surface area (Å²) in [6.45, 7) is 0.858. The van der Waals surface area contributed by atoms with E-state index in [-0.39, 0.29) is 18.5 Å². The Morgan fingerprint density at radius 2 is 2.05 bits per heavy atom. The number of carbonyl (C=O) groups excluding carboxylic acids is 1. The average Bonchev–Trinajstić information content (AvgIpc) is 2.37. The molecule has 0 aromatic carbocycles. The third kappa shape index (κ3) is 11.0. The molecule has 0 bridgehead atoms. The summed E-state index contributed by atoms with van der Waals surface area (Å²) in [6.07, 6.45) is 2.16. The number of unbranched alkanes of at least 4 members (excludes halogenated alkanes) is 1. The van der Waals surface area contributed by atoms with Crippen molar-refractivity contribution < 1.29 is 14.7 Å². The lowest BCUT2D eigenvalue weighted by molar-refractivity contribution is -0.757. The maximum Gasteiger partial charge on any atom is 0.294 e. The standard InChI is InChI=1S/C10H22N6O4/c11-8(4-3-6-15-10(12)13)9(17)14-5-1-2-7-20-16(18)19/h8H,1-7,11H2,(H,14,17)(H4,12,13,15). The number of nitrogens with zero attached hydrogens (tertiary/aromatic N) is 2. The van der Waals surface area contributed by atoms with Gasteiger partial charge < -0.3 is 27.4 Å². The van der Waals surface area contributed by atoms with Crippen LogP contribution in [0.3, 0.4) is 0 Å². The van der Waals surface area contributed by atoms with Gasteiger partial charge in [0.25, 0.3) is 5.09 Å². The van der Waals surface area contributed by atoms with Crippen LogP contribution in [0, 0.1) is 10.1 Å². The monoisotopic (exact) mass is 290 g/mol. The number of nitrogens with one attached hydrogen (secondary N) is 1. The van der Waals surface area contributed by atoms with E-state index in [9.17, 15) is 14.9 Å². The number of hydrogen-bond acceptors (Lipinski definition) is 6. The quantitative estimate of drug-likeness (QED) is 0.117. The highest BCUT2D eigenvalue weighted by atomic mass is 16.9. The molecule has 10 heteroatoms. The molecule has 0 spiro atoms. The van der Waals surface area contributed by atoms with Crippen LogP contribution in [0.1, 0.15) is 25.7 Å². The third-order valence-electron chi connectivity index (χ3n) is 2.37. The van der Waals surface area contributed by atoms with Gasteiger partial charge in [0.2, 0.25) is 5.91 Å². The van der Waals surface area contributed by atoms with Crippen molar-refractivity contribution in [2.24, 2.45) is 22.2 Å². The summed E-state index contributed by atoms with van der Waals surface area (Å²) in [5.74, 6) is -0.245. The molecule has 0 fully saturated rings. The van der Waals surface area contributed by atoms with E-state index in [0.29, 0.717) is 38.8 Å². The number of carbonyl (C=O) groups is 1. The Hall–Kier alpha value is -2.10. The van der Waals surface area contributed by atoms with E-state index in [2.05, 4.69) is 15.1 Å². The second-order valence-electron chi connectivity index (χ2n) is 4.11. The number of hydrogen-bond donors (Lipinski definition) is 4. The summed E-state index contributed by atoms with van der Waals surface area (Å²) in [6, 6.07) is -0.612. The Morgan fingerprint density at radius 3 is 2.65 bits per heavy atom. The van der Waals surface area contributed by atoms with Crippen molar-refractivity contribution in [3.63, 3.8) is 0 Å². The Labute approximate surface area is 116 Å². The van der Waals surface area contributed by atoms with Crippen LogP contribution in [0.4, 0.5) is 0 Å². The SMILES string of the molecule is NC(N)=NCCCC(N)C(=O)NCCCCO[N+](=O)[O-]. The molecule has 0 heterocycles. The largest absolute Gasteiger partial charge is 0.370 e. The minimum Gasteiger partial charge on any atom is -0.370 e. The van der Waals surface area contributed by atoms with Gasteiger partial charge in [-0.3, -0.25) is 9.79 Å². The van der Waals surface area contributed by atoms with Crippen LogP contribution < -0.4 is 22.5 Å². The van der Waals surface area contributed by atoms with Crippen molar-refractivity contribution in [2.45, 2.75) is 31.7 Å². The Bertz CT molecular complexity index is 332. The van der Waals surface area contributed by atoms with Crippen LogP contribution in [0.15, 0.2) is 4.99 Å². The van der Waals surface area contributed by atoms with Gasteiger partial charge in [-0.15, -0.1) is 10.1 Å². The molecule has 1 unspecified atom stereocenters. The van der Waals surface area contributed by atoms with Crippen molar-refractivity contribution in [3.05, 3.63) is 10.1 Å². The Kier molecular flexibility index (Phi) is 9.66. The van der Waals surface area contributed by atoms with Gasteiger partial charge in [-0.05, 0) is 25.7 Å². The van der Waals surface area contributed by atoms with E-state index >= 15 is 0 Å².